The first kappa shape index (κ1) is 36.3. The van der Waals surface area contributed by atoms with E-state index in [1.54, 1.807) is 23.5 Å². The number of benzene rings is 1. The topological polar surface area (TPSA) is 132 Å². The second kappa shape index (κ2) is 13.7. The average molecular weight is 685 g/mol. The molecule has 2 aliphatic heterocycles. The molecule has 1 aromatic carbocycles. The Kier molecular flexibility index (Phi) is 10.2. The van der Waals surface area contributed by atoms with Crippen molar-refractivity contribution in [2.24, 2.45) is 5.73 Å². The number of alkyl halides is 3. The number of nitrogens with zero attached hydrogens (tertiary/aromatic N) is 5. The standard InChI is InChI=1S/C25H27F3N6O.C10H20N2O2/c1-15(2)35-18-7-4-16-5-8-19(30-20(16)12-18)23-32-31-21-9-6-17(13-34(21)23)22(25(26,27)28)33-11-10-24(3,29)14-33;1-9(2,3)14-8(13)12-10(4)5-6-11-7-10/h4-9,12-13,15,22H,10-11,14,29H2,1-3H3;11H,5-7H2,1-4H3,(H,12,13)/t22-,24-;10-/m00/s1. The number of carbonyl (C=O) groups is 1. The van der Waals surface area contributed by atoms with Crippen LogP contribution in [0.3, 0.4) is 0 Å². The summed E-state index contributed by atoms with van der Waals surface area (Å²) in [6.07, 6.45) is -1.86. The molecule has 2 saturated heterocycles. The molecule has 3 atom stereocenters. The van der Waals surface area contributed by atoms with Crippen molar-refractivity contribution in [2.75, 3.05) is 26.2 Å². The molecule has 49 heavy (non-hydrogen) atoms. The molecule has 0 bridgehead atoms. The van der Waals surface area contributed by atoms with Gasteiger partial charge in [-0.15, -0.1) is 10.2 Å². The fourth-order valence-corrected chi connectivity index (χ4v) is 6.13. The predicted octanol–water partition coefficient (Wildman–Crippen LogP) is 6.02. The molecule has 6 rings (SSSR count). The van der Waals surface area contributed by atoms with Crippen LogP contribution in [0.1, 0.15) is 72.9 Å². The van der Waals surface area contributed by atoms with E-state index in [0.717, 1.165) is 24.9 Å². The van der Waals surface area contributed by atoms with Crippen LogP contribution in [0.4, 0.5) is 18.0 Å². The van der Waals surface area contributed by atoms with Gasteiger partial charge in [-0.3, -0.25) is 9.30 Å². The van der Waals surface area contributed by atoms with Crippen molar-refractivity contribution in [2.45, 2.75) is 96.3 Å². The van der Waals surface area contributed by atoms with Crippen LogP contribution >= 0.6 is 0 Å². The number of alkyl carbamates (subject to hydrolysis) is 1. The van der Waals surface area contributed by atoms with Crippen molar-refractivity contribution >= 4 is 22.6 Å². The molecule has 0 unspecified atom stereocenters. The zero-order valence-corrected chi connectivity index (χ0v) is 29.2. The summed E-state index contributed by atoms with van der Waals surface area (Å²) in [7, 11) is 0. The molecule has 0 radical (unpaired) electrons. The zero-order chi connectivity index (χ0) is 35.8. The molecule has 0 saturated carbocycles. The van der Waals surface area contributed by atoms with Gasteiger partial charge < -0.3 is 25.8 Å². The number of hydrogen-bond acceptors (Lipinski definition) is 9. The van der Waals surface area contributed by atoms with E-state index in [-0.39, 0.29) is 36.4 Å². The third kappa shape index (κ3) is 9.17. The summed E-state index contributed by atoms with van der Waals surface area (Å²) in [6.45, 7) is 15.5. The maximum Gasteiger partial charge on any atom is 0.408 e. The molecular formula is C35H47F3N8O3. The Morgan fingerprint density at radius 1 is 1.06 bits per heavy atom. The van der Waals surface area contributed by atoms with Gasteiger partial charge in [-0.2, -0.15) is 13.2 Å². The number of likely N-dealkylation sites (tertiary alicyclic amines) is 1. The number of fused-ring (bicyclic) bond motifs is 2. The highest BCUT2D eigenvalue weighted by molar-refractivity contribution is 5.82. The van der Waals surface area contributed by atoms with E-state index in [4.69, 9.17) is 20.2 Å². The van der Waals surface area contributed by atoms with Crippen molar-refractivity contribution in [3.05, 3.63) is 54.2 Å². The van der Waals surface area contributed by atoms with Gasteiger partial charge in [0.05, 0.1) is 17.2 Å². The Bertz CT molecular complexity index is 1780. The van der Waals surface area contributed by atoms with Gasteiger partial charge in [-0.1, -0.05) is 12.1 Å². The first-order valence-corrected chi connectivity index (χ1v) is 16.5. The molecule has 266 valence electrons. The smallest absolute Gasteiger partial charge is 0.408 e. The Balaban J connectivity index is 0.000000281. The van der Waals surface area contributed by atoms with E-state index in [1.165, 1.54) is 17.2 Å². The maximum absolute atomic E-state index is 14.2. The Morgan fingerprint density at radius 3 is 2.41 bits per heavy atom. The third-order valence-corrected chi connectivity index (χ3v) is 8.39. The average Bonchev–Trinajstić information content (AvgIpc) is 3.68. The number of amides is 1. The summed E-state index contributed by atoms with van der Waals surface area (Å²) < 4.78 is 55.2. The number of nitrogens with one attached hydrogen (secondary N) is 2. The first-order valence-electron chi connectivity index (χ1n) is 16.5. The number of rotatable bonds is 6. The molecule has 4 N–H and O–H groups in total. The lowest BCUT2D eigenvalue weighted by atomic mass is 10.0. The SMILES string of the molecule is CC(C)(C)OC(=O)N[C@@]1(C)CCNC1.CC(C)Oc1ccc2ccc(-c3nnc4ccc([C@H](N5CC[C@](C)(N)C5)C(F)(F)F)cn34)nc2c1. The maximum atomic E-state index is 14.2. The van der Waals surface area contributed by atoms with E-state index < -0.39 is 23.4 Å². The monoisotopic (exact) mass is 684 g/mol. The van der Waals surface area contributed by atoms with Crippen LogP contribution in [0.25, 0.3) is 28.1 Å². The first-order chi connectivity index (χ1) is 22.8. The van der Waals surface area contributed by atoms with Crippen molar-refractivity contribution in [1.29, 1.82) is 0 Å². The van der Waals surface area contributed by atoms with Crippen LogP contribution in [-0.2, 0) is 4.74 Å². The molecule has 0 aliphatic carbocycles. The molecular weight excluding hydrogens is 637 g/mol. The van der Waals surface area contributed by atoms with E-state index in [9.17, 15) is 18.0 Å². The number of halogens is 3. The lowest BCUT2D eigenvalue weighted by Gasteiger charge is -2.31. The summed E-state index contributed by atoms with van der Waals surface area (Å²) in [6, 6.07) is 10.6. The number of pyridine rings is 2. The number of carbonyl (C=O) groups excluding carboxylic acids is 1. The highest BCUT2D eigenvalue weighted by atomic mass is 19.4. The molecule has 3 aromatic heterocycles. The van der Waals surface area contributed by atoms with Crippen molar-refractivity contribution < 1.29 is 27.4 Å². The normalized spacial score (nSPS) is 22.3. The minimum Gasteiger partial charge on any atom is -0.491 e. The Morgan fingerprint density at radius 2 is 1.80 bits per heavy atom. The van der Waals surface area contributed by atoms with Crippen LogP contribution in [-0.4, -0.2) is 85.7 Å². The Hall–Kier alpha value is -4.01. The van der Waals surface area contributed by atoms with E-state index in [2.05, 4.69) is 20.8 Å². The van der Waals surface area contributed by atoms with Gasteiger partial charge >= 0.3 is 12.3 Å². The molecule has 2 fully saturated rings. The largest absolute Gasteiger partial charge is 0.491 e. The van der Waals surface area contributed by atoms with Gasteiger partial charge in [-0.25, -0.2) is 9.78 Å². The number of aromatic nitrogens is 4. The molecule has 2 aliphatic rings. The van der Waals surface area contributed by atoms with Crippen molar-refractivity contribution in [3.8, 4) is 17.3 Å². The minimum atomic E-state index is -4.46. The van der Waals surface area contributed by atoms with Crippen molar-refractivity contribution in [3.63, 3.8) is 0 Å². The lowest BCUT2D eigenvalue weighted by molar-refractivity contribution is -0.184. The summed E-state index contributed by atoms with van der Waals surface area (Å²) in [5.74, 6) is 1.06. The molecule has 11 nitrogen and oxygen atoms in total. The van der Waals surface area contributed by atoms with Gasteiger partial charge in [0.1, 0.15) is 23.1 Å². The van der Waals surface area contributed by atoms with Crippen LogP contribution in [0.15, 0.2) is 48.7 Å². The number of hydrogen-bond donors (Lipinski definition) is 3. The van der Waals surface area contributed by atoms with Gasteiger partial charge in [0.2, 0.25) is 0 Å². The van der Waals surface area contributed by atoms with Crippen LogP contribution in [0.5, 0.6) is 5.75 Å². The van der Waals surface area contributed by atoms with Gasteiger partial charge in [0.25, 0.3) is 0 Å². The van der Waals surface area contributed by atoms with E-state index in [0.29, 0.717) is 34.9 Å². The zero-order valence-electron chi connectivity index (χ0n) is 29.2. The van der Waals surface area contributed by atoms with Gasteiger partial charge in [-0.05, 0) is 97.7 Å². The van der Waals surface area contributed by atoms with Crippen LogP contribution < -0.4 is 21.1 Å². The number of nitrogens with two attached hydrogens (primary N) is 1. The van der Waals surface area contributed by atoms with Crippen LogP contribution in [0.2, 0.25) is 0 Å². The van der Waals surface area contributed by atoms with Crippen molar-refractivity contribution in [1.82, 2.24) is 35.1 Å². The minimum absolute atomic E-state index is 0.0174. The highest BCUT2D eigenvalue weighted by Crippen LogP contribution is 2.41. The number of ether oxygens (including phenoxy) is 2. The molecule has 1 amide bonds. The van der Waals surface area contributed by atoms with Gasteiger partial charge in [0, 0.05) is 42.8 Å². The second-order valence-corrected chi connectivity index (χ2v) is 14.9. The quantitative estimate of drug-likeness (QED) is 0.223. The molecule has 5 heterocycles. The third-order valence-electron chi connectivity index (χ3n) is 8.39. The highest BCUT2D eigenvalue weighted by Gasteiger charge is 2.48. The summed E-state index contributed by atoms with van der Waals surface area (Å²) >= 11 is 0. The summed E-state index contributed by atoms with van der Waals surface area (Å²) in [5, 5.41) is 15.4. The molecule has 14 heteroatoms. The molecule has 4 aromatic rings. The van der Waals surface area contributed by atoms with E-state index >= 15 is 0 Å². The summed E-state index contributed by atoms with van der Waals surface area (Å²) in [5.41, 5.74) is 6.65. The second-order valence-electron chi connectivity index (χ2n) is 14.9. The summed E-state index contributed by atoms with van der Waals surface area (Å²) in [4.78, 5) is 17.6. The Labute approximate surface area is 284 Å². The fraction of sp³-hybridized carbons (Fsp3) is 0.543. The lowest BCUT2D eigenvalue weighted by Crippen LogP contribution is -2.49. The predicted molar refractivity (Wildman–Crippen MR) is 182 cm³/mol. The molecule has 0 spiro atoms. The van der Waals surface area contributed by atoms with Crippen LogP contribution in [0, 0.1) is 0 Å². The fourth-order valence-electron chi connectivity index (χ4n) is 6.13. The van der Waals surface area contributed by atoms with E-state index in [1.807, 2.05) is 65.8 Å². The van der Waals surface area contributed by atoms with Gasteiger partial charge in [0.15, 0.2) is 11.5 Å².